The van der Waals surface area contributed by atoms with Gasteiger partial charge in [-0.05, 0) is 24.3 Å². The van der Waals surface area contributed by atoms with Crippen LogP contribution in [0.3, 0.4) is 0 Å². The first-order chi connectivity index (χ1) is 5.00. The van der Waals surface area contributed by atoms with Gasteiger partial charge < -0.3 is 0 Å². The molecule has 0 aliphatic heterocycles. The minimum Gasteiger partial charge on any atom is -0.282 e. The molecule has 0 spiro atoms. The molecule has 1 aromatic carbocycles. The molecule has 0 unspecified atom stereocenters. The first kappa shape index (κ1) is 11.6. The van der Waals surface area contributed by atoms with Crippen molar-refractivity contribution in [3.8, 4) is 0 Å². The molecule has 0 aliphatic carbocycles. The van der Waals surface area contributed by atoms with E-state index in [4.69, 9.17) is 4.55 Å². The molecule has 0 radical (unpaired) electrons. The third kappa shape index (κ3) is 2.91. The lowest BCUT2D eigenvalue weighted by atomic mass is 10.4. The van der Waals surface area contributed by atoms with Crippen LogP contribution in [-0.2, 0) is 10.1 Å². The third-order valence-corrected chi connectivity index (χ3v) is 1.98. The molecule has 0 saturated carbocycles. The standard InChI is InChI=1S/C6H5FO3S.Al.3H/c7-5-1-3-6(4-2-5)11(8,9)10;;;;/h1-4H,(H,8,9,10);;;;. The number of halogens is 1. The van der Waals surface area contributed by atoms with Crippen LogP contribution in [0.4, 0.5) is 4.39 Å². The lowest BCUT2D eigenvalue weighted by Crippen LogP contribution is -1.97. The van der Waals surface area contributed by atoms with Gasteiger partial charge in [-0.2, -0.15) is 8.42 Å². The Kier molecular flexibility index (Phi) is 3.87. The SMILES string of the molecule is O=S(=O)(O)c1ccc(F)cc1.[AlH3]. The normalized spacial score (nSPS) is 10.5. The van der Waals surface area contributed by atoms with E-state index in [1.165, 1.54) is 0 Å². The average molecular weight is 206 g/mol. The van der Waals surface area contributed by atoms with Crippen LogP contribution in [-0.4, -0.2) is 30.3 Å². The van der Waals surface area contributed by atoms with Crippen molar-refractivity contribution in [3.05, 3.63) is 30.1 Å². The van der Waals surface area contributed by atoms with Gasteiger partial charge in [0.15, 0.2) is 17.4 Å². The highest BCUT2D eigenvalue weighted by molar-refractivity contribution is 7.85. The summed E-state index contributed by atoms with van der Waals surface area (Å²) in [5.41, 5.74) is 0. The highest BCUT2D eigenvalue weighted by Crippen LogP contribution is 2.08. The number of hydrogen-bond acceptors (Lipinski definition) is 2. The summed E-state index contributed by atoms with van der Waals surface area (Å²) in [6.45, 7) is 0. The average Bonchev–Trinajstić information content (AvgIpc) is 1.86. The van der Waals surface area contributed by atoms with Gasteiger partial charge in [0.05, 0.1) is 4.90 Å². The maximum Gasteiger partial charge on any atom is 0.294 e. The summed E-state index contributed by atoms with van der Waals surface area (Å²) >= 11 is 0. The molecule has 0 bridgehead atoms. The lowest BCUT2D eigenvalue weighted by molar-refractivity contribution is 0.483. The highest BCUT2D eigenvalue weighted by Gasteiger charge is 2.07. The van der Waals surface area contributed by atoms with Crippen molar-refractivity contribution in [1.29, 1.82) is 0 Å². The molecule has 6 heteroatoms. The van der Waals surface area contributed by atoms with Gasteiger partial charge in [-0.15, -0.1) is 0 Å². The van der Waals surface area contributed by atoms with Crippen LogP contribution in [0.5, 0.6) is 0 Å². The molecular weight excluding hydrogens is 198 g/mol. The fourth-order valence-corrected chi connectivity index (χ4v) is 1.09. The summed E-state index contributed by atoms with van der Waals surface area (Å²) in [6.07, 6.45) is 0. The Labute approximate surface area is 80.1 Å². The predicted molar refractivity (Wildman–Crippen MR) is 46.2 cm³/mol. The zero-order valence-electron chi connectivity index (χ0n) is 5.36. The summed E-state index contributed by atoms with van der Waals surface area (Å²) in [7, 11) is -4.19. The Morgan fingerprint density at radius 2 is 1.58 bits per heavy atom. The zero-order chi connectivity index (χ0) is 8.48. The van der Waals surface area contributed by atoms with E-state index in [0.29, 0.717) is 0 Å². The highest BCUT2D eigenvalue weighted by atomic mass is 32.2. The van der Waals surface area contributed by atoms with Crippen LogP contribution in [0.25, 0.3) is 0 Å². The Hall–Kier alpha value is -0.408. The summed E-state index contributed by atoms with van der Waals surface area (Å²) in [5.74, 6) is -0.544. The Morgan fingerprint density at radius 1 is 1.17 bits per heavy atom. The van der Waals surface area contributed by atoms with Crippen LogP contribution < -0.4 is 0 Å². The summed E-state index contributed by atoms with van der Waals surface area (Å²) in [6, 6.07) is 3.90. The van der Waals surface area contributed by atoms with Gasteiger partial charge in [0.1, 0.15) is 5.82 Å². The molecule has 0 fully saturated rings. The zero-order valence-corrected chi connectivity index (χ0v) is 6.18. The minimum absolute atomic E-state index is 0. The second-order valence-corrected chi connectivity index (χ2v) is 3.35. The van der Waals surface area contributed by atoms with Gasteiger partial charge in [0, 0.05) is 0 Å². The molecular formula is C6H8AlFO3S. The minimum atomic E-state index is -4.19. The topological polar surface area (TPSA) is 54.4 Å². The van der Waals surface area contributed by atoms with Crippen LogP contribution in [0.2, 0.25) is 0 Å². The van der Waals surface area contributed by atoms with Crippen molar-refractivity contribution >= 4 is 27.5 Å². The van der Waals surface area contributed by atoms with E-state index in [0.717, 1.165) is 24.3 Å². The van der Waals surface area contributed by atoms with E-state index in [1.807, 2.05) is 0 Å². The molecule has 12 heavy (non-hydrogen) atoms. The van der Waals surface area contributed by atoms with Gasteiger partial charge >= 0.3 is 0 Å². The smallest absolute Gasteiger partial charge is 0.282 e. The van der Waals surface area contributed by atoms with Crippen LogP contribution in [0.1, 0.15) is 0 Å². The molecule has 0 amide bonds. The molecule has 3 nitrogen and oxygen atoms in total. The Bertz CT molecular complexity index is 346. The molecule has 0 atom stereocenters. The van der Waals surface area contributed by atoms with Crippen molar-refractivity contribution in [1.82, 2.24) is 0 Å². The van der Waals surface area contributed by atoms with Crippen molar-refractivity contribution in [3.63, 3.8) is 0 Å². The summed E-state index contributed by atoms with van der Waals surface area (Å²) < 4.78 is 41.4. The quantitative estimate of drug-likeness (QED) is 0.515. The van der Waals surface area contributed by atoms with Crippen LogP contribution in [0.15, 0.2) is 29.2 Å². The second-order valence-electron chi connectivity index (χ2n) is 1.93. The molecule has 1 rings (SSSR count). The molecule has 66 valence electrons. The number of hydrogen-bond donors (Lipinski definition) is 1. The largest absolute Gasteiger partial charge is 0.294 e. The monoisotopic (exact) mass is 206 g/mol. The Morgan fingerprint density at radius 3 is 1.92 bits per heavy atom. The van der Waals surface area contributed by atoms with Crippen molar-refractivity contribution in [2.45, 2.75) is 4.90 Å². The molecule has 1 aromatic rings. The fraction of sp³-hybridized carbons (Fsp3) is 0. The van der Waals surface area contributed by atoms with E-state index in [2.05, 4.69) is 0 Å². The van der Waals surface area contributed by atoms with Crippen molar-refractivity contribution < 1.29 is 17.4 Å². The third-order valence-electron chi connectivity index (χ3n) is 1.11. The van der Waals surface area contributed by atoms with Gasteiger partial charge in [-0.25, -0.2) is 4.39 Å². The van der Waals surface area contributed by atoms with Gasteiger partial charge in [-0.1, -0.05) is 0 Å². The van der Waals surface area contributed by atoms with Gasteiger partial charge in [0.25, 0.3) is 10.1 Å². The van der Waals surface area contributed by atoms with Crippen molar-refractivity contribution in [2.24, 2.45) is 0 Å². The maximum atomic E-state index is 12.2. The molecule has 1 N–H and O–H groups in total. The van der Waals surface area contributed by atoms with E-state index in [1.54, 1.807) is 0 Å². The fourth-order valence-electron chi connectivity index (χ4n) is 0.607. The van der Waals surface area contributed by atoms with Crippen LogP contribution >= 0.6 is 0 Å². The van der Waals surface area contributed by atoms with Crippen LogP contribution in [0, 0.1) is 5.82 Å². The van der Waals surface area contributed by atoms with E-state index < -0.39 is 15.9 Å². The first-order valence-corrected chi connectivity index (χ1v) is 4.17. The predicted octanol–water partition coefficient (Wildman–Crippen LogP) is -0.111. The molecule has 0 saturated heterocycles. The summed E-state index contributed by atoms with van der Waals surface area (Å²) in [5, 5.41) is 0. The lowest BCUT2D eigenvalue weighted by Gasteiger charge is -1.93. The van der Waals surface area contributed by atoms with Crippen molar-refractivity contribution in [2.75, 3.05) is 0 Å². The molecule has 0 heterocycles. The van der Waals surface area contributed by atoms with Gasteiger partial charge in [0.2, 0.25) is 0 Å². The Balaban J connectivity index is 0.00000121. The van der Waals surface area contributed by atoms with E-state index >= 15 is 0 Å². The van der Waals surface area contributed by atoms with E-state index in [9.17, 15) is 12.8 Å². The number of rotatable bonds is 1. The first-order valence-electron chi connectivity index (χ1n) is 2.73. The maximum absolute atomic E-state index is 12.2. The van der Waals surface area contributed by atoms with E-state index in [-0.39, 0.29) is 22.3 Å². The summed E-state index contributed by atoms with van der Waals surface area (Å²) in [4.78, 5) is -0.307. The molecule has 0 aromatic heterocycles. The second kappa shape index (κ2) is 4.01. The van der Waals surface area contributed by atoms with Gasteiger partial charge in [-0.3, -0.25) is 4.55 Å². The number of benzene rings is 1. The molecule has 0 aliphatic rings.